The quantitative estimate of drug-likeness (QED) is 0.128. The number of para-hydroxylation sites is 1. The number of hydrogen-bond acceptors (Lipinski definition) is 6. The third kappa shape index (κ3) is 10.7. The lowest BCUT2D eigenvalue weighted by molar-refractivity contribution is 1.06. The van der Waals surface area contributed by atoms with E-state index in [4.69, 9.17) is 29.9 Å². The molecule has 0 radical (unpaired) electrons. The van der Waals surface area contributed by atoms with Crippen LogP contribution in [0.3, 0.4) is 0 Å². The van der Waals surface area contributed by atoms with Gasteiger partial charge in [-0.25, -0.2) is 29.9 Å². The third-order valence-electron chi connectivity index (χ3n) is 22.4. The summed E-state index contributed by atoms with van der Waals surface area (Å²) in [6, 6.07) is 138. The van der Waals surface area contributed by atoms with Crippen LogP contribution < -0.4 is 0 Å². The van der Waals surface area contributed by atoms with Crippen LogP contribution >= 0.6 is 0 Å². The molecule has 4 heterocycles. The summed E-state index contributed by atoms with van der Waals surface area (Å²) < 4.78 is 4.84. The maximum Gasteiger partial charge on any atom is 0.166 e. The zero-order valence-corrected chi connectivity index (χ0v) is 60.5. The molecule has 4 aromatic heterocycles. The van der Waals surface area contributed by atoms with E-state index in [1.807, 2.05) is 72.8 Å². The largest absolute Gasteiger partial charge is 0.309 e. The SMILES string of the molecule is c1ccc(-c2cc3c4c(ccc5c4c4c(cccc4n5-c4ccccc4-c4nc(-c5ccccc5)nc(-c5ccccc5)n4)-c4ccccc4-3)c2)cc1.c1ccc(-c2ccc(-c3nc(-c4ccccc4)nc(-c4ccc(-n5c6cccc7c6c6c8c(cc(-c9ccccc9)cc8ccc65)-c5ccccc5-7)cc4)n3)cc2)cc1. The molecular formula is C104H64N8. The van der Waals surface area contributed by atoms with E-state index in [2.05, 4.69) is 325 Å². The maximum absolute atomic E-state index is 5.16. The lowest BCUT2D eigenvalue weighted by Gasteiger charge is -2.17. The second kappa shape index (κ2) is 26.4. The fourth-order valence-electron chi connectivity index (χ4n) is 17.3. The van der Waals surface area contributed by atoms with Crippen molar-refractivity contribution >= 4 is 65.2 Å². The topological polar surface area (TPSA) is 87.2 Å². The predicted octanol–water partition coefficient (Wildman–Crippen LogP) is 26.5. The van der Waals surface area contributed by atoms with Crippen LogP contribution in [0.2, 0.25) is 0 Å². The molecule has 23 rings (SSSR count). The predicted molar refractivity (Wildman–Crippen MR) is 461 cm³/mol. The van der Waals surface area contributed by atoms with Gasteiger partial charge in [0.1, 0.15) is 0 Å². The Kier molecular flexibility index (Phi) is 15.1. The average Bonchev–Trinajstić information content (AvgIpc) is 1.54. The van der Waals surface area contributed by atoms with Gasteiger partial charge in [0.05, 0.1) is 27.8 Å². The van der Waals surface area contributed by atoms with Crippen molar-refractivity contribution in [1.29, 1.82) is 0 Å². The fraction of sp³-hybridized carbons (Fsp3) is 0. The molecule has 0 saturated heterocycles. The fourth-order valence-corrected chi connectivity index (χ4v) is 17.3. The Morgan fingerprint density at radius 3 is 0.857 bits per heavy atom. The standard InChI is InChI=1S/C55H34N4.C49H30N4/c1-4-13-35(14-5-1)37-23-25-39(26-24-37)54-56-53(38-17-8-3-9-18-38)57-55(58-54)40-27-30-43(31-28-40)59-48-22-12-21-46-44-19-10-11-20-45(44)47-34-42(36-15-6-2-7-16-36)33-41-29-32-49(59)52(50(41)47)51(46)48;1-4-15-31(16-5-1)35-29-34-27-28-43-46-44(34)40(30-35)37-22-11-10-21-36(37)38-24-14-26-42(45(38)46)53(43)41-25-13-12-23-39(41)49-51-47(32-17-6-2-7-18-32)50-48(52-49)33-19-8-3-9-20-33/h1-34H;1-30H. The van der Waals surface area contributed by atoms with Crippen molar-refractivity contribution in [2.45, 2.75) is 0 Å². The average molecular weight is 1430 g/mol. The van der Waals surface area contributed by atoms with Crippen molar-refractivity contribution in [3.63, 3.8) is 0 Å². The second-order valence-electron chi connectivity index (χ2n) is 28.8. The summed E-state index contributed by atoms with van der Waals surface area (Å²) in [5.74, 6) is 3.83. The van der Waals surface area contributed by atoms with Gasteiger partial charge in [0.2, 0.25) is 0 Å². The summed E-state index contributed by atoms with van der Waals surface area (Å²) in [6.45, 7) is 0. The highest BCUT2D eigenvalue weighted by Gasteiger charge is 2.29. The first kappa shape index (κ1) is 64.1. The summed E-state index contributed by atoms with van der Waals surface area (Å²) in [5.41, 5.74) is 29.6. The summed E-state index contributed by atoms with van der Waals surface area (Å²) >= 11 is 0. The van der Waals surface area contributed by atoms with Crippen molar-refractivity contribution < 1.29 is 0 Å². The molecule has 8 heteroatoms. The van der Waals surface area contributed by atoms with Gasteiger partial charge in [-0.3, -0.25) is 0 Å². The highest BCUT2D eigenvalue weighted by Crippen LogP contribution is 2.54. The van der Waals surface area contributed by atoms with E-state index in [1.54, 1.807) is 0 Å². The smallest absolute Gasteiger partial charge is 0.166 e. The van der Waals surface area contributed by atoms with Gasteiger partial charge in [-0.15, -0.1) is 0 Å². The Labute approximate surface area is 645 Å². The van der Waals surface area contributed by atoms with E-state index in [0.29, 0.717) is 34.9 Å². The number of hydrogen-bond donors (Lipinski definition) is 0. The van der Waals surface area contributed by atoms with Crippen molar-refractivity contribution in [3.05, 3.63) is 388 Å². The molecule has 0 saturated carbocycles. The minimum atomic E-state index is 0.630. The summed E-state index contributed by atoms with van der Waals surface area (Å²) in [5, 5.41) is 10.1. The van der Waals surface area contributed by atoms with Gasteiger partial charge in [-0.1, -0.05) is 303 Å². The summed E-state index contributed by atoms with van der Waals surface area (Å²) in [7, 11) is 0. The normalized spacial score (nSPS) is 11.8. The maximum atomic E-state index is 5.16. The zero-order valence-electron chi connectivity index (χ0n) is 60.5. The molecule has 0 aliphatic heterocycles. The number of rotatable bonds is 11. The molecule has 17 aromatic carbocycles. The zero-order chi connectivity index (χ0) is 73.7. The van der Waals surface area contributed by atoms with Crippen LogP contribution in [0.15, 0.2) is 388 Å². The van der Waals surface area contributed by atoms with Gasteiger partial charge >= 0.3 is 0 Å². The lowest BCUT2D eigenvalue weighted by atomic mass is 9.90. The highest BCUT2D eigenvalue weighted by atomic mass is 15.1. The number of fused-ring (bicyclic) bond motifs is 6. The molecule has 2 aliphatic rings. The molecule has 21 aromatic rings. The van der Waals surface area contributed by atoms with E-state index >= 15 is 0 Å². The number of benzene rings is 17. The first-order valence-electron chi connectivity index (χ1n) is 38.0. The second-order valence-corrected chi connectivity index (χ2v) is 28.8. The van der Waals surface area contributed by atoms with E-state index in [-0.39, 0.29) is 0 Å². The van der Waals surface area contributed by atoms with Crippen molar-refractivity contribution in [2.24, 2.45) is 0 Å². The van der Waals surface area contributed by atoms with Crippen molar-refractivity contribution in [2.75, 3.05) is 0 Å². The molecule has 0 fully saturated rings. The van der Waals surface area contributed by atoms with Crippen molar-refractivity contribution in [3.8, 4) is 158 Å². The van der Waals surface area contributed by atoms with Gasteiger partial charge in [-0.2, -0.15) is 0 Å². The molecule has 520 valence electrons. The Balaban J connectivity index is 0.000000138. The van der Waals surface area contributed by atoms with Gasteiger partial charge in [-0.05, 0) is 184 Å². The first-order chi connectivity index (χ1) is 55.5. The van der Waals surface area contributed by atoms with E-state index in [0.717, 1.165) is 61.4 Å². The van der Waals surface area contributed by atoms with E-state index < -0.39 is 0 Å². The third-order valence-corrected chi connectivity index (χ3v) is 22.4. The molecular weight excluding hydrogens is 1360 g/mol. The molecule has 0 atom stereocenters. The Hall–Kier alpha value is -15.1. The van der Waals surface area contributed by atoms with Crippen LogP contribution in [-0.4, -0.2) is 39.0 Å². The Morgan fingerprint density at radius 2 is 0.438 bits per heavy atom. The minimum absolute atomic E-state index is 0.630. The molecule has 0 amide bonds. The minimum Gasteiger partial charge on any atom is -0.309 e. The molecule has 0 N–H and O–H groups in total. The molecule has 2 aliphatic carbocycles. The lowest BCUT2D eigenvalue weighted by Crippen LogP contribution is -2.03. The first-order valence-corrected chi connectivity index (χ1v) is 38.0. The van der Waals surface area contributed by atoms with Crippen LogP contribution in [0.25, 0.3) is 223 Å². The van der Waals surface area contributed by atoms with Crippen LogP contribution in [0, 0.1) is 0 Å². The molecule has 0 spiro atoms. The highest BCUT2D eigenvalue weighted by molar-refractivity contribution is 6.32. The molecule has 8 nitrogen and oxygen atoms in total. The van der Waals surface area contributed by atoms with Gasteiger partial charge in [0, 0.05) is 60.6 Å². The van der Waals surface area contributed by atoms with Crippen LogP contribution in [0.4, 0.5) is 0 Å². The molecule has 0 bridgehead atoms. The van der Waals surface area contributed by atoms with Crippen LogP contribution in [0.1, 0.15) is 0 Å². The van der Waals surface area contributed by atoms with E-state index in [9.17, 15) is 0 Å². The number of nitrogens with zero attached hydrogens (tertiary/aromatic N) is 8. The summed E-state index contributed by atoms with van der Waals surface area (Å²) in [6.07, 6.45) is 0. The number of aromatic nitrogens is 8. The van der Waals surface area contributed by atoms with Crippen LogP contribution in [-0.2, 0) is 0 Å². The van der Waals surface area contributed by atoms with Crippen LogP contribution in [0.5, 0.6) is 0 Å². The van der Waals surface area contributed by atoms with Crippen molar-refractivity contribution in [1.82, 2.24) is 39.0 Å². The Morgan fingerprint density at radius 1 is 0.152 bits per heavy atom. The van der Waals surface area contributed by atoms with Gasteiger partial charge in [0.15, 0.2) is 34.9 Å². The van der Waals surface area contributed by atoms with E-state index in [1.165, 1.54) is 126 Å². The summed E-state index contributed by atoms with van der Waals surface area (Å²) in [4.78, 5) is 30.4. The molecule has 112 heavy (non-hydrogen) atoms. The monoisotopic (exact) mass is 1420 g/mol. The van der Waals surface area contributed by atoms with Gasteiger partial charge in [0.25, 0.3) is 0 Å². The molecule has 0 unspecified atom stereocenters. The Bertz CT molecular complexity index is 7250. The van der Waals surface area contributed by atoms with Gasteiger partial charge < -0.3 is 9.13 Å².